The molecule has 1 fully saturated rings. The van der Waals surface area contributed by atoms with Crippen LogP contribution in [0.25, 0.3) is 0 Å². The minimum Gasteiger partial charge on any atom is -0.351 e. The van der Waals surface area contributed by atoms with E-state index in [2.05, 4.69) is 96.8 Å². The van der Waals surface area contributed by atoms with Gasteiger partial charge in [0.05, 0.1) is 34.4 Å². The van der Waals surface area contributed by atoms with Crippen molar-refractivity contribution in [1.82, 2.24) is 0 Å². The Morgan fingerprint density at radius 2 is 1.11 bits per heavy atom. The predicted octanol–water partition coefficient (Wildman–Crippen LogP) is 7.63. The lowest BCUT2D eigenvalue weighted by molar-refractivity contribution is -0.870. The summed E-state index contributed by atoms with van der Waals surface area (Å²) < 4.78 is 1.09. The monoisotopic (exact) mass is 478 g/mol. The Morgan fingerprint density at radius 3 is 1.63 bits per heavy atom. The van der Waals surface area contributed by atoms with Crippen LogP contribution in [0.4, 0.5) is 11.4 Å². The molecule has 0 amide bonds. The van der Waals surface area contributed by atoms with Crippen molar-refractivity contribution in [2.24, 2.45) is 0 Å². The molecule has 35 heavy (non-hydrogen) atoms. The highest BCUT2D eigenvalue weighted by atomic mass is 15.4. The predicted molar refractivity (Wildman–Crippen MR) is 155 cm³/mol. The van der Waals surface area contributed by atoms with Gasteiger partial charge in [-0.1, -0.05) is 61.1 Å². The van der Waals surface area contributed by atoms with Crippen LogP contribution < -0.4 is 9.80 Å². The molecule has 0 aliphatic carbocycles. The molecule has 0 bridgehead atoms. The average Bonchev–Trinajstić information content (AvgIpc) is 3.10. The van der Waals surface area contributed by atoms with E-state index in [0.29, 0.717) is 6.04 Å². The molecule has 1 heterocycles. The normalized spacial score (nSPS) is 16.4. The first-order valence-corrected chi connectivity index (χ1v) is 13.9. The van der Waals surface area contributed by atoms with Crippen molar-refractivity contribution in [3.63, 3.8) is 0 Å². The molecule has 0 spiro atoms. The minimum absolute atomic E-state index is 0.577. The lowest BCUT2D eigenvalue weighted by Gasteiger charge is -2.29. The van der Waals surface area contributed by atoms with E-state index in [0.717, 1.165) is 17.7 Å². The first-order chi connectivity index (χ1) is 16.5. The van der Waals surface area contributed by atoms with Gasteiger partial charge in [-0.2, -0.15) is 0 Å². The molecular weight excluding hydrogens is 426 g/mol. The topological polar surface area (TPSA) is 6.48 Å². The molecule has 3 heteroatoms. The van der Waals surface area contributed by atoms with Crippen LogP contribution in [0.3, 0.4) is 0 Å². The number of anilines is 2. The van der Waals surface area contributed by atoms with E-state index in [9.17, 15) is 0 Å². The second-order valence-corrected chi connectivity index (χ2v) is 12.4. The first kappa shape index (κ1) is 27.6. The molecule has 2 aromatic carbocycles. The largest absolute Gasteiger partial charge is 0.351 e. The Morgan fingerprint density at radius 1 is 0.657 bits per heavy atom. The van der Waals surface area contributed by atoms with Crippen LogP contribution in [-0.4, -0.2) is 51.4 Å². The fourth-order valence-corrected chi connectivity index (χ4v) is 6.34. The molecular formula is C32H52N3+. The Bertz CT molecular complexity index is 939. The molecule has 1 unspecified atom stereocenters. The molecule has 0 saturated carbocycles. The molecule has 0 N–H and O–H groups in total. The van der Waals surface area contributed by atoms with Gasteiger partial charge in [-0.3, -0.25) is 0 Å². The molecule has 0 aromatic heterocycles. The summed E-state index contributed by atoms with van der Waals surface area (Å²) in [5.41, 5.74) is 11.3. The quantitative estimate of drug-likeness (QED) is 0.242. The fourth-order valence-electron chi connectivity index (χ4n) is 6.34. The Labute approximate surface area is 216 Å². The molecule has 2 aromatic rings. The molecule has 1 atom stereocenters. The first-order valence-electron chi connectivity index (χ1n) is 13.9. The summed E-state index contributed by atoms with van der Waals surface area (Å²) in [7, 11) is 6.90. The van der Waals surface area contributed by atoms with Crippen molar-refractivity contribution in [2.45, 2.75) is 92.5 Å². The summed E-state index contributed by atoms with van der Waals surface area (Å²) >= 11 is 0. The van der Waals surface area contributed by atoms with Gasteiger partial charge in [-0.15, -0.1) is 0 Å². The zero-order valence-corrected chi connectivity index (χ0v) is 24.3. The third-order valence-corrected chi connectivity index (χ3v) is 7.69. The summed E-state index contributed by atoms with van der Waals surface area (Å²) in [5, 5.41) is 0. The summed E-state index contributed by atoms with van der Waals surface area (Å²) in [6, 6.07) is 10.00. The zero-order valence-electron chi connectivity index (χ0n) is 24.3. The summed E-state index contributed by atoms with van der Waals surface area (Å²) in [5.74, 6) is 0. The maximum Gasteiger partial charge on any atom is 0.0907 e. The third kappa shape index (κ3) is 7.49. The Balaban J connectivity index is 1.68. The molecule has 3 nitrogen and oxygen atoms in total. The highest BCUT2D eigenvalue weighted by molar-refractivity contribution is 5.67. The maximum atomic E-state index is 2.73. The number of hydrogen-bond donors (Lipinski definition) is 0. The van der Waals surface area contributed by atoms with Crippen molar-refractivity contribution in [2.75, 3.05) is 50.7 Å². The van der Waals surface area contributed by atoms with Crippen molar-refractivity contribution < 1.29 is 4.48 Å². The second kappa shape index (κ2) is 11.8. The number of nitrogens with zero attached hydrogens (tertiary/aromatic N) is 3. The van der Waals surface area contributed by atoms with Gasteiger partial charge in [0.2, 0.25) is 0 Å². The van der Waals surface area contributed by atoms with E-state index in [1.807, 2.05) is 0 Å². The SMILES string of the molecule is Cc1cc(C)c(N2CC(CCCCCCCC[N+](C)(C)C)N(c3c(C)cc(C)cc3C)C2)c(C)c1. The smallest absolute Gasteiger partial charge is 0.0907 e. The van der Waals surface area contributed by atoms with Gasteiger partial charge in [-0.25, -0.2) is 0 Å². The fraction of sp³-hybridized carbons (Fsp3) is 0.625. The molecule has 1 aliphatic heterocycles. The molecule has 1 saturated heterocycles. The number of aryl methyl sites for hydroxylation is 6. The lowest BCUT2D eigenvalue weighted by Crippen LogP contribution is -2.35. The minimum atomic E-state index is 0.577. The van der Waals surface area contributed by atoms with E-state index >= 15 is 0 Å². The number of benzene rings is 2. The summed E-state index contributed by atoms with van der Waals surface area (Å²) in [4.78, 5) is 5.38. The van der Waals surface area contributed by atoms with Crippen molar-refractivity contribution in [3.8, 4) is 0 Å². The standard InChI is InChI=1S/C32H52N3/c1-24-18-26(3)31(27(4)19-24)33-22-30(16-14-12-10-11-13-15-17-35(7,8)9)34(23-33)32-28(5)20-25(2)21-29(32)6/h18-21,30H,10-17,22-23H2,1-9H3/q+1. The van der Waals surface area contributed by atoms with E-state index in [1.165, 1.54) is 96.2 Å². The van der Waals surface area contributed by atoms with Gasteiger partial charge < -0.3 is 14.3 Å². The Hall–Kier alpha value is -2.00. The van der Waals surface area contributed by atoms with Crippen LogP contribution in [0.5, 0.6) is 0 Å². The zero-order chi connectivity index (χ0) is 25.8. The van der Waals surface area contributed by atoms with Gasteiger partial charge in [0.25, 0.3) is 0 Å². The van der Waals surface area contributed by atoms with Crippen molar-refractivity contribution in [3.05, 3.63) is 57.6 Å². The lowest BCUT2D eigenvalue weighted by atomic mass is 10.0. The molecule has 1 aliphatic rings. The third-order valence-electron chi connectivity index (χ3n) is 7.69. The number of unbranched alkanes of at least 4 members (excludes halogenated alkanes) is 5. The van der Waals surface area contributed by atoms with Crippen LogP contribution in [-0.2, 0) is 0 Å². The van der Waals surface area contributed by atoms with Crippen LogP contribution in [0.15, 0.2) is 24.3 Å². The van der Waals surface area contributed by atoms with Gasteiger partial charge in [0.1, 0.15) is 0 Å². The maximum absolute atomic E-state index is 2.73. The Kier molecular flexibility index (Phi) is 9.32. The number of rotatable bonds is 11. The van der Waals surface area contributed by atoms with E-state index in [-0.39, 0.29) is 0 Å². The molecule has 0 radical (unpaired) electrons. The van der Waals surface area contributed by atoms with Crippen LogP contribution in [0.2, 0.25) is 0 Å². The van der Waals surface area contributed by atoms with Crippen molar-refractivity contribution >= 4 is 11.4 Å². The average molecular weight is 479 g/mol. The summed E-state index contributed by atoms with van der Waals surface area (Å²) in [6.45, 7) is 17.0. The van der Waals surface area contributed by atoms with Gasteiger partial charge in [0, 0.05) is 24.0 Å². The van der Waals surface area contributed by atoms with Crippen LogP contribution in [0, 0.1) is 41.5 Å². The highest BCUT2D eigenvalue weighted by Gasteiger charge is 2.33. The van der Waals surface area contributed by atoms with E-state index in [4.69, 9.17) is 0 Å². The van der Waals surface area contributed by atoms with Crippen LogP contribution >= 0.6 is 0 Å². The number of hydrogen-bond acceptors (Lipinski definition) is 2. The second-order valence-electron chi connectivity index (χ2n) is 12.4. The summed E-state index contributed by atoms with van der Waals surface area (Å²) in [6.07, 6.45) is 9.49. The number of quaternary nitrogens is 1. The highest BCUT2D eigenvalue weighted by Crippen LogP contribution is 2.36. The molecule has 194 valence electrons. The van der Waals surface area contributed by atoms with Gasteiger partial charge >= 0.3 is 0 Å². The van der Waals surface area contributed by atoms with Crippen LogP contribution in [0.1, 0.15) is 78.3 Å². The molecule has 3 rings (SSSR count). The van der Waals surface area contributed by atoms with Gasteiger partial charge in [-0.05, 0) is 83.1 Å². The van der Waals surface area contributed by atoms with Gasteiger partial charge in [0.15, 0.2) is 0 Å². The van der Waals surface area contributed by atoms with Crippen molar-refractivity contribution in [1.29, 1.82) is 0 Å². The van der Waals surface area contributed by atoms with E-state index in [1.54, 1.807) is 0 Å². The van der Waals surface area contributed by atoms with E-state index < -0.39 is 0 Å².